The number of carbonyl (C=O) groups excluding carboxylic acids is 1. The molecule has 1 unspecified atom stereocenters. The van der Waals surface area contributed by atoms with Crippen molar-refractivity contribution in [1.29, 1.82) is 0 Å². The zero-order valence-electron chi connectivity index (χ0n) is 20.1. The van der Waals surface area contributed by atoms with Gasteiger partial charge < -0.3 is 4.74 Å². The van der Waals surface area contributed by atoms with Gasteiger partial charge in [-0.2, -0.15) is 4.31 Å². The number of amides is 1. The van der Waals surface area contributed by atoms with Crippen LogP contribution in [-0.4, -0.2) is 54.9 Å². The van der Waals surface area contributed by atoms with Crippen molar-refractivity contribution < 1.29 is 22.3 Å². The van der Waals surface area contributed by atoms with Crippen molar-refractivity contribution in [1.82, 2.24) is 14.3 Å². The summed E-state index contributed by atoms with van der Waals surface area (Å²) in [5.41, 5.74) is 1.67. The lowest BCUT2D eigenvalue weighted by Crippen LogP contribution is -2.34. The number of sulfonamides is 1. The van der Waals surface area contributed by atoms with Crippen molar-refractivity contribution in [3.8, 4) is 0 Å². The molecule has 0 radical (unpaired) electrons. The van der Waals surface area contributed by atoms with Crippen molar-refractivity contribution in [3.05, 3.63) is 83.9 Å². The number of benzene rings is 2. The molecule has 192 valence electrons. The second kappa shape index (κ2) is 10.6. The number of hydrogen-bond acceptors (Lipinski definition) is 7. The molecule has 37 heavy (non-hydrogen) atoms. The summed E-state index contributed by atoms with van der Waals surface area (Å²) in [6.07, 6.45) is 4.95. The fraction of sp³-hybridized carbons (Fsp3) is 0.269. The normalized spacial score (nSPS) is 15.9. The Morgan fingerprint density at radius 3 is 2.70 bits per heavy atom. The Balaban J connectivity index is 1.42. The van der Waals surface area contributed by atoms with E-state index in [4.69, 9.17) is 4.74 Å². The Morgan fingerprint density at radius 1 is 1.19 bits per heavy atom. The quantitative estimate of drug-likeness (QED) is 0.327. The first-order valence-corrected chi connectivity index (χ1v) is 14.0. The summed E-state index contributed by atoms with van der Waals surface area (Å²) in [6, 6.07) is 13.8. The molecule has 4 aromatic rings. The Bertz CT molecular complexity index is 1500. The van der Waals surface area contributed by atoms with Crippen LogP contribution in [0, 0.1) is 5.82 Å². The second-order valence-electron chi connectivity index (χ2n) is 8.81. The van der Waals surface area contributed by atoms with E-state index in [0.29, 0.717) is 27.5 Å². The number of fused-ring (bicyclic) bond motifs is 1. The first-order chi connectivity index (χ1) is 17.8. The maximum atomic E-state index is 13.8. The van der Waals surface area contributed by atoms with Crippen molar-refractivity contribution in [3.63, 3.8) is 0 Å². The largest absolute Gasteiger partial charge is 0.377 e. The van der Waals surface area contributed by atoms with Crippen LogP contribution in [0.5, 0.6) is 0 Å². The predicted molar refractivity (Wildman–Crippen MR) is 140 cm³/mol. The topological polar surface area (TPSA) is 92.7 Å². The number of aromatic nitrogens is 2. The standard InChI is InChI=1S/C26H25FN4O4S2/c1-30(17-21-5-3-13-35-21)37(33,34)22-9-6-19(7-10-22)25(32)31(16-18-4-2-12-28-15-18)26-29-23-11-8-20(27)14-24(23)36-26/h2,4,6-12,14-15,21H,3,5,13,16-17H2,1H3. The zero-order chi connectivity index (χ0) is 26.0. The highest BCUT2D eigenvalue weighted by Gasteiger charge is 2.27. The number of rotatable bonds is 8. The molecule has 0 saturated carbocycles. The van der Waals surface area contributed by atoms with E-state index in [-0.39, 0.29) is 35.8 Å². The van der Waals surface area contributed by atoms with E-state index in [1.54, 1.807) is 24.5 Å². The summed E-state index contributed by atoms with van der Waals surface area (Å²) in [5, 5.41) is 0.405. The van der Waals surface area contributed by atoms with Gasteiger partial charge in [-0.3, -0.25) is 14.7 Å². The van der Waals surface area contributed by atoms with E-state index >= 15 is 0 Å². The lowest BCUT2D eigenvalue weighted by atomic mass is 10.2. The average Bonchev–Trinajstić information content (AvgIpc) is 3.57. The van der Waals surface area contributed by atoms with Gasteiger partial charge in [0, 0.05) is 38.2 Å². The second-order valence-corrected chi connectivity index (χ2v) is 11.9. The van der Waals surface area contributed by atoms with Crippen LogP contribution in [0.15, 0.2) is 71.9 Å². The molecular weight excluding hydrogens is 515 g/mol. The number of nitrogens with zero attached hydrogens (tertiary/aromatic N) is 4. The molecule has 0 bridgehead atoms. The fourth-order valence-corrected chi connectivity index (χ4v) is 6.37. The van der Waals surface area contributed by atoms with E-state index < -0.39 is 10.0 Å². The van der Waals surface area contributed by atoms with Gasteiger partial charge >= 0.3 is 0 Å². The van der Waals surface area contributed by atoms with Crippen molar-refractivity contribution in [2.45, 2.75) is 30.4 Å². The number of pyridine rings is 1. The van der Waals surface area contributed by atoms with Gasteiger partial charge in [0.2, 0.25) is 10.0 Å². The third-order valence-corrected chi connectivity index (χ3v) is 9.05. The predicted octanol–water partition coefficient (Wildman–Crippen LogP) is 4.48. The average molecular weight is 541 g/mol. The SMILES string of the molecule is CN(CC1CCCO1)S(=O)(=O)c1ccc(C(=O)N(Cc2cccnc2)c2nc3ccc(F)cc3s2)cc1. The Labute approximate surface area is 218 Å². The number of thiazole rings is 1. The molecule has 5 rings (SSSR count). The maximum absolute atomic E-state index is 13.8. The summed E-state index contributed by atoms with van der Waals surface area (Å²) in [4.78, 5) is 23.9. The Hall–Kier alpha value is -3.25. The highest BCUT2D eigenvalue weighted by Crippen LogP contribution is 2.31. The Morgan fingerprint density at radius 2 is 2.00 bits per heavy atom. The van der Waals surface area contributed by atoms with Crippen LogP contribution in [0.2, 0.25) is 0 Å². The number of hydrogen-bond donors (Lipinski definition) is 0. The molecule has 1 atom stereocenters. The fourth-order valence-electron chi connectivity index (χ4n) is 4.18. The molecule has 1 saturated heterocycles. The van der Waals surface area contributed by atoms with Crippen LogP contribution in [-0.2, 0) is 21.3 Å². The van der Waals surface area contributed by atoms with Crippen LogP contribution in [0.3, 0.4) is 0 Å². The highest BCUT2D eigenvalue weighted by atomic mass is 32.2. The number of carbonyl (C=O) groups is 1. The monoisotopic (exact) mass is 540 g/mol. The molecule has 0 aliphatic carbocycles. The minimum Gasteiger partial charge on any atom is -0.377 e. The van der Waals surface area contributed by atoms with E-state index in [1.165, 1.54) is 64.0 Å². The molecule has 1 aliphatic heterocycles. The van der Waals surface area contributed by atoms with Gasteiger partial charge in [-0.05, 0) is 66.9 Å². The molecule has 1 aliphatic rings. The van der Waals surface area contributed by atoms with Crippen LogP contribution < -0.4 is 4.90 Å². The summed E-state index contributed by atoms with van der Waals surface area (Å²) in [7, 11) is -2.21. The number of ether oxygens (including phenoxy) is 1. The molecule has 0 spiro atoms. The highest BCUT2D eigenvalue weighted by molar-refractivity contribution is 7.89. The smallest absolute Gasteiger partial charge is 0.260 e. The van der Waals surface area contributed by atoms with Crippen molar-refractivity contribution in [2.75, 3.05) is 25.1 Å². The lowest BCUT2D eigenvalue weighted by Gasteiger charge is -2.21. The van der Waals surface area contributed by atoms with Crippen molar-refractivity contribution in [2.24, 2.45) is 0 Å². The lowest BCUT2D eigenvalue weighted by molar-refractivity contribution is 0.0978. The summed E-state index contributed by atoms with van der Waals surface area (Å²) >= 11 is 1.21. The summed E-state index contributed by atoms with van der Waals surface area (Å²) in [5.74, 6) is -0.742. The number of likely N-dealkylation sites (N-methyl/N-ethyl adjacent to an activating group) is 1. The minimum absolute atomic E-state index is 0.0961. The van der Waals surface area contributed by atoms with Gasteiger partial charge in [0.15, 0.2) is 5.13 Å². The van der Waals surface area contributed by atoms with E-state index in [0.717, 1.165) is 18.4 Å². The Kier molecular flexibility index (Phi) is 7.29. The summed E-state index contributed by atoms with van der Waals surface area (Å²) in [6.45, 7) is 1.12. The van der Waals surface area contributed by atoms with Crippen LogP contribution in [0.4, 0.5) is 9.52 Å². The van der Waals surface area contributed by atoms with Gasteiger partial charge in [0.1, 0.15) is 5.82 Å². The van der Waals surface area contributed by atoms with E-state index in [1.807, 2.05) is 6.07 Å². The molecule has 3 heterocycles. The van der Waals surface area contributed by atoms with Gasteiger partial charge in [-0.1, -0.05) is 17.4 Å². The molecule has 2 aromatic carbocycles. The maximum Gasteiger partial charge on any atom is 0.260 e. The van der Waals surface area contributed by atoms with Crippen LogP contribution in [0.25, 0.3) is 10.2 Å². The third kappa shape index (κ3) is 5.54. The first kappa shape index (κ1) is 25.4. The van der Waals surface area contributed by atoms with Crippen LogP contribution in [0.1, 0.15) is 28.8 Å². The molecular formula is C26H25FN4O4S2. The van der Waals surface area contributed by atoms with E-state index in [2.05, 4.69) is 9.97 Å². The molecule has 2 aromatic heterocycles. The molecule has 8 nitrogen and oxygen atoms in total. The van der Waals surface area contributed by atoms with Gasteiger partial charge in [-0.15, -0.1) is 0 Å². The molecule has 1 fully saturated rings. The van der Waals surface area contributed by atoms with Crippen molar-refractivity contribution >= 4 is 42.6 Å². The zero-order valence-corrected chi connectivity index (χ0v) is 21.7. The minimum atomic E-state index is -3.74. The first-order valence-electron chi connectivity index (χ1n) is 11.8. The van der Waals surface area contributed by atoms with Gasteiger partial charge in [0.05, 0.1) is 27.8 Å². The van der Waals surface area contributed by atoms with Crippen LogP contribution >= 0.6 is 11.3 Å². The van der Waals surface area contributed by atoms with E-state index in [9.17, 15) is 17.6 Å². The van der Waals surface area contributed by atoms with Gasteiger partial charge in [-0.25, -0.2) is 17.8 Å². The number of anilines is 1. The third-order valence-electron chi connectivity index (χ3n) is 6.17. The summed E-state index contributed by atoms with van der Waals surface area (Å²) < 4.78 is 47.3. The molecule has 0 N–H and O–H groups in total. The number of halogens is 1. The molecule has 11 heteroatoms. The molecule has 1 amide bonds. The van der Waals surface area contributed by atoms with Gasteiger partial charge in [0.25, 0.3) is 5.91 Å².